The van der Waals surface area contributed by atoms with Gasteiger partial charge in [0.25, 0.3) is 0 Å². The van der Waals surface area contributed by atoms with Gasteiger partial charge in [0.05, 0.1) is 5.41 Å². The van der Waals surface area contributed by atoms with Crippen LogP contribution in [0.2, 0.25) is 0 Å². The van der Waals surface area contributed by atoms with Crippen LogP contribution >= 0.6 is 24.0 Å². The van der Waals surface area contributed by atoms with E-state index in [0.717, 1.165) is 43.4 Å². The van der Waals surface area contributed by atoms with Gasteiger partial charge in [0.1, 0.15) is 0 Å². The molecule has 0 bridgehead atoms. The number of anilines is 1. The van der Waals surface area contributed by atoms with Crippen LogP contribution in [0.1, 0.15) is 51.0 Å². The van der Waals surface area contributed by atoms with Crippen LogP contribution in [-0.4, -0.2) is 50.4 Å². The molecule has 0 heterocycles. The molecule has 7 nitrogen and oxygen atoms in total. The lowest BCUT2D eigenvalue weighted by molar-refractivity contribution is -0.138. The Morgan fingerprint density at radius 1 is 1.10 bits per heavy atom. The third-order valence-electron chi connectivity index (χ3n) is 5.41. The van der Waals surface area contributed by atoms with Crippen molar-refractivity contribution in [2.45, 2.75) is 52.0 Å². The van der Waals surface area contributed by atoms with Gasteiger partial charge in [-0.2, -0.15) is 0 Å². The number of hydrogen-bond acceptors (Lipinski definition) is 3. The van der Waals surface area contributed by atoms with Crippen molar-refractivity contribution in [2.24, 2.45) is 10.4 Å². The Balaban J connectivity index is 0.00000450. The van der Waals surface area contributed by atoms with Gasteiger partial charge in [-0.05, 0) is 37.0 Å². The number of carbonyl (C=O) groups is 2. The van der Waals surface area contributed by atoms with Crippen LogP contribution in [0, 0.1) is 5.41 Å². The van der Waals surface area contributed by atoms with Gasteiger partial charge in [0.15, 0.2) is 5.96 Å². The SMILES string of the molecule is CCCC(=O)Nc1ccc(CNC(=NC)NCC2(C(=O)N(C)C)CCCC2)cc1.I. The summed E-state index contributed by atoms with van der Waals surface area (Å²) in [5.74, 6) is 0.915. The topological polar surface area (TPSA) is 85.8 Å². The van der Waals surface area contributed by atoms with Gasteiger partial charge in [0, 0.05) is 46.3 Å². The summed E-state index contributed by atoms with van der Waals surface area (Å²) in [5, 5.41) is 9.54. The maximum absolute atomic E-state index is 12.7. The third kappa shape index (κ3) is 7.45. The standard InChI is InChI=1S/C22H35N5O2.HI/c1-5-8-19(28)26-18-11-9-17(10-12-18)15-24-21(23-2)25-16-22(13-6-7-14-22)20(29)27(3)4;/h9-12H,5-8,13-16H2,1-4H3,(H,26,28)(H2,23,24,25);1H. The first-order valence-electron chi connectivity index (χ1n) is 10.5. The molecule has 1 aromatic carbocycles. The molecule has 0 spiro atoms. The number of aliphatic imine (C=N–C) groups is 1. The quantitative estimate of drug-likeness (QED) is 0.274. The number of amides is 2. The van der Waals surface area contributed by atoms with E-state index in [1.165, 1.54) is 0 Å². The van der Waals surface area contributed by atoms with Crippen LogP contribution in [0.4, 0.5) is 5.69 Å². The predicted octanol–water partition coefficient (Wildman–Crippen LogP) is 3.36. The molecule has 2 amide bonds. The molecule has 0 radical (unpaired) electrons. The number of carbonyl (C=O) groups excluding carboxylic acids is 2. The second kappa shape index (κ2) is 12.8. The third-order valence-corrected chi connectivity index (χ3v) is 5.41. The summed E-state index contributed by atoms with van der Waals surface area (Å²) >= 11 is 0. The molecule has 0 atom stereocenters. The Morgan fingerprint density at radius 3 is 2.27 bits per heavy atom. The van der Waals surface area contributed by atoms with E-state index in [1.54, 1.807) is 11.9 Å². The van der Waals surface area contributed by atoms with Gasteiger partial charge in [-0.15, -0.1) is 24.0 Å². The second-order valence-electron chi connectivity index (χ2n) is 7.96. The van der Waals surface area contributed by atoms with Crippen LogP contribution in [0.5, 0.6) is 0 Å². The van der Waals surface area contributed by atoms with Gasteiger partial charge in [-0.25, -0.2) is 0 Å². The molecule has 1 aliphatic carbocycles. The lowest BCUT2D eigenvalue weighted by Gasteiger charge is -2.31. The first-order chi connectivity index (χ1) is 13.9. The van der Waals surface area contributed by atoms with Crippen molar-refractivity contribution >= 4 is 47.4 Å². The second-order valence-corrected chi connectivity index (χ2v) is 7.96. The number of rotatable bonds is 8. The van der Waals surface area contributed by atoms with E-state index in [2.05, 4.69) is 20.9 Å². The normalized spacial score (nSPS) is 15.1. The molecule has 1 aromatic rings. The number of benzene rings is 1. The molecule has 30 heavy (non-hydrogen) atoms. The van der Waals surface area contributed by atoms with Crippen molar-refractivity contribution < 1.29 is 9.59 Å². The van der Waals surface area contributed by atoms with Crippen LogP contribution in [0.25, 0.3) is 0 Å². The van der Waals surface area contributed by atoms with Gasteiger partial charge in [0.2, 0.25) is 11.8 Å². The molecule has 1 saturated carbocycles. The van der Waals surface area contributed by atoms with Crippen molar-refractivity contribution in [2.75, 3.05) is 33.0 Å². The van der Waals surface area contributed by atoms with Crippen LogP contribution < -0.4 is 16.0 Å². The molecule has 3 N–H and O–H groups in total. The van der Waals surface area contributed by atoms with Crippen molar-refractivity contribution in [3.8, 4) is 0 Å². The zero-order valence-electron chi connectivity index (χ0n) is 18.6. The largest absolute Gasteiger partial charge is 0.355 e. The van der Waals surface area contributed by atoms with Gasteiger partial charge < -0.3 is 20.9 Å². The van der Waals surface area contributed by atoms with E-state index in [9.17, 15) is 9.59 Å². The van der Waals surface area contributed by atoms with E-state index in [0.29, 0.717) is 25.5 Å². The van der Waals surface area contributed by atoms with E-state index in [4.69, 9.17) is 0 Å². The summed E-state index contributed by atoms with van der Waals surface area (Å²) in [4.78, 5) is 30.4. The fraction of sp³-hybridized carbons (Fsp3) is 0.591. The Bertz CT molecular complexity index is 713. The summed E-state index contributed by atoms with van der Waals surface area (Å²) in [6, 6.07) is 7.78. The molecule has 1 fully saturated rings. The molecular formula is C22H36IN5O2. The fourth-order valence-corrected chi connectivity index (χ4v) is 3.81. The summed E-state index contributed by atoms with van der Waals surface area (Å²) in [6.07, 6.45) is 5.38. The van der Waals surface area contributed by atoms with Crippen LogP contribution in [0.15, 0.2) is 29.3 Å². The molecule has 0 aromatic heterocycles. The highest BCUT2D eigenvalue weighted by atomic mass is 127. The maximum atomic E-state index is 12.7. The molecule has 0 aliphatic heterocycles. The van der Waals surface area contributed by atoms with Crippen molar-refractivity contribution in [1.29, 1.82) is 0 Å². The Morgan fingerprint density at radius 2 is 1.73 bits per heavy atom. The highest BCUT2D eigenvalue weighted by Crippen LogP contribution is 2.38. The molecule has 0 saturated heterocycles. The minimum atomic E-state index is -0.334. The number of guanidine groups is 1. The van der Waals surface area contributed by atoms with E-state index in [-0.39, 0.29) is 41.2 Å². The smallest absolute Gasteiger partial charge is 0.230 e. The molecule has 1 aliphatic rings. The molecular weight excluding hydrogens is 493 g/mol. The summed E-state index contributed by atoms with van der Waals surface area (Å²) < 4.78 is 0. The average Bonchev–Trinajstić information content (AvgIpc) is 3.19. The van der Waals surface area contributed by atoms with Gasteiger partial charge in [-0.1, -0.05) is 31.9 Å². The van der Waals surface area contributed by atoms with E-state index >= 15 is 0 Å². The van der Waals surface area contributed by atoms with Crippen molar-refractivity contribution in [3.05, 3.63) is 29.8 Å². The first kappa shape index (κ1) is 26.2. The van der Waals surface area contributed by atoms with Crippen LogP contribution in [0.3, 0.4) is 0 Å². The zero-order valence-corrected chi connectivity index (χ0v) is 20.9. The molecule has 2 rings (SSSR count). The highest BCUT2D eigenvalue weighted by molar-refractivity contribution is 14.0. The number of nitrogens with one attached hydrogen (secondary N) is 3. The fourth-order valence-electron chi connectivity index (χ4n) is 3.81. The van der Waals surface area contributed by atoms with Gasteiger partial charge in [-0.3, -0.25) is 14.6 Å². The first-order valence-corrected chi connectivity index (χ1v) is 10.5. The van der Waals surface area contributed by atoms with Crippen LogP contribution in [-0.2, 0) is 16.1 Å². The Labute approximate surface area is 197 Å². The summed E-state index contributed by atoms with van der Waals surface area (Å²) in [6.45, 7) is 3.18. The highest BCUT2D eigenvalue weighted by Gasteiger charge is 2.42. The van der Waals surface area contributed by atoms with Crippen molar-refractivity contribution in [1.82, 2.24) is 15.5 Å². The van der Waals surface area contributed by atoms with E-state index < -0.39 is 0 Å². The predicted molar refractivity (Wildman–Crippen MR) is 133 cm³/mol. The molecule has 8 heteroatoms. The lowest BCUT2D eigenvalue weighted by Crippen LogP contribution is -2.49. The zero-order chi connectivity index (χ0) is 21.3. The Kier molecular flexibility index (Phi) is 11.1. The monoisotopic (exact) mass is 529 g/mol. The minimum absolute atomic E-state index is 0. The molecule has 0 unspecified atom stereocenters. The number of hydrogen-bond donors (Lipinski definition) is 3. The minimum Gasteiger partial charge on any atom is -0.355 e. The Hall–Kier alpha value is -1.84. The summed E-state index contributed by atoms with van der Waals surface area (Å²) in [5.41, 5.74) is 1.56. The lowest BCUT2D eigenvalue weighted by atomic mass is 9.84. The maximum Gasteiger partial charge on any atom is 0.230 e. The van der Waals surface area contributed by atoms with E-state index in [1.807, 2.05) is 45.3 Å². The number of nitrogens with zero attached hydrogens (tertiary/aromatic N) is 2. The number of halogens is 1. The van der Waals surface area contributed by atoms with Crippen molar-refractivity contribution in [3.63, 3.8) is 0 Å². The summed E-state index contributed by atoms with van der Waals surface area (Å²) in [7, 11) is 5.38. The average molecular weight is 529 g/mol. The molecule has 168 valence electrons. The van der Waals surface area contributed by atoms with Gasteiger partial charge >= 0.3 is 0 Å².